The lowest BCUT2D eigenvalue weighted by atomic mass is 10.1. The molecule has 0 saturated heterocycles. The fourth-order valence-electron chi connectivity index (χ4n) is 2.22. The highest BCUT2D eigenvalue weighted by molar-refractivity contribution is 5.90. The number of ether oxygens (including phenoxy) is 1. The Morgan fingerprint density at radius 1 is 1.45 bits per heavy atom. The molecule has 0 aliphatic heterocycles. The first-order chi connectivity index (χ1) is 10.2. The second-order valence-corrected chi connectivity index (χ2v) is 6.17. The van der Waals surface area contributed by atoms with Gasteiger partial charge in [0.05, 0.1) is 17.4 Å². The van der Waals surface area contributed by atoms with E-state index in [1.54, 1.807) is 20.0 Å². The monoisotopic (exact) mass is 306 g/mol. The van der Waals surface area contributed by atoms with Gasteiger partial charge < -0.3 is 9.26 Å². The van der Waals surface area contributed by atoms with E-state index in [2.05, 4.69) is 15.2 Å². The third kappa shape index (κ3) is 3.18. The average molecular weight is 306 g/mol. The first-order valence-electron chi connectivity index (χ1n) is 7.32. The largest absolute Gasteiger partial charge is 0.449 e. The molecular weight excluding hydrogens is 284 g/mol. The van der Waals surface area contributed by atoms with E-state index in [-0.39, 0.29) is 11.4 Å². The van der Waals surface area contributed by atoms with Crippen molar-refractivity contribution in [3.05, 3.63) is 29.2 Å². The van der Waals surface area contributed by atoms with Gasteiger partial charge in [-0.15, -0.1) is 0 Å². The molecule has 2 heterocycles. The highest BCUT2D eigenvalue weighted by Crippen LogP contribution is 2.22. The number of esters is 1. The molecule has 120 valence electrons. The van der Waals surface area contributed by atoms with Crippen LogP contribution in [0, 0.1) is 6.92 Å². The van der Waals surface area contributed by atoms with Gasteiger partial charge in [-0.2, -0.15) is 10.1 Å². The molecule has 22 heavy (non-hydrogen) atoms. The highest BCUT2D eigenvalue weighted by atomic mass is 16.6. The smallest absolute Gasteiger partial charge is 0.342 e. The van der Waals surface area contributed by atoms with E-state index in [1.807, 2.05) is 32.4 Å². The quantitative estimate of drug-likeness (QED) is 0.808. The first kappa shape index (κ1) is 16.2. The van der Waals surface area contributed by atoms with Gasteiger partial charge in [-0.1, -0.05) is 12.1 Å². The summed E-state index contributed by atoms with van der Waals surface area (Å²) >= 11 is 0. The van der Waals surface area contributed by atoms with Crippen molar-refractivity contribution in [2.75, 3.05) is 0 Å². The van der Waals surface area contributed by atoms with E-state index in [1.165, 1.54) is 0 Å². The Kier molecular flexibility index (Phi) is 4.35. The molecule has 0 radical (unpaired) electrons. The van der Waals surface area contributed by atoms with Gasteiger partial charge >= 0.3 is 5.97 Å². The third-order valence-electron chi connectivity index (χ3n) is 3.23. The number of carbonyl (C=O) groups excluding carboxylic acids is 1. The van der Waals surface area contributed by atoms with Gasteiger partial charge in [-0.05, 0) is 41.0 Å². The minimum Gasteiger partial charge on any atom is -0.449 e. The SMILES string of the molecule is CCc1c(C(=O)O[C@@H](C)c2nc(C)no2)cnn1C(C)(C)C. The van der Waals surface area contributed by atoms with Crippen LogP contribution in [-0.4, -0.2) is 25.9 Å². The number of nitrogens with zero attached hydrogens (tertiary/aromatic N) is 4. The van der Waals surface area contributed by atoms with Gasteiger partial charge in [0.2, 0.25) is 0 Å². The van der Waals surface area contributed by atoms with Crippen LogP contribution in [0.5, 0.6) is 0 Å². The van der Waals surface area contributed by atoms with Crippen molar-refractivity contribution in [1.29, 1.82) is 0 Å². The maximum absolute atomic E-state index is 12.4. The normalized spacial score (nSPS) is 13.2. The molecule has 0 bridgehead atoms. The molecule has 7 heteroatoms. The molecular formula is C15H22N4O3. The zero-order chi connectivity index (χ0) is 16.5. The summed E-state index contributed by atoms with van der Waals surface area (Å²) in [7, 11) is 0. The summed E-state index contributed by atoms with van der Waals surface area (Å²) in [5, 5.41) is 8.02. The number of aryl methyl sites for hydroxylation is 1. The van der Waals surface area contributed by atoms with Crippen LogP contribution in [0.4, 0.5) is 0 Å². The van der Waals surface area contributed by atoms with E-state index in [0.717, 1.165) is 5.69 Å². The van der Waals surface area contributed by atoms with E-state index in [4.69, 9.17) is 9.26 Å². The van der Waals surface area contributed by atoms with Crippen LogP contribution in [0.1, 0.15) is 68.5 Å². The lowest BCUT2D eigenvalue weighted by molar-refractivity contribution is 0.0264. The van der Waals surface area contributed by atoms with Gasteiger partial charge in [0, 0.05) is 0 Å². The van der Waals surface area contributed by atoms with Crippen LogP contribution in [0.15, 0.2) is 10.7 Å². The molecule has 0 spiro atoms. The zero-order valence-electron chi connectivity index (χ0n) is 13.9. The van der Waals surface area contributed by atoms with Crippen LogP contribution in [0.3, 0.4) is 0 Å². The topological polar surface area (TPSA) is 83.0 Å². The number of aromatic nitrogens is 4. The number of hydrogen-bond donors (Lipinski definition) is 0. The van der Waals surface area contributed by atoms with Crippen molar-refractivity contribution in [3.63, 3.8) is 0 Å². The summed E-state index contributed by atoms with van der Waals surface area (Å²) in [6, 6.07) is 0. The average Bonchev–Trinajstić information content (AvgIpc) is 3.03. The molecule has 0 amide bonds. The molecule has 0 saturated carbocycles. The summed E-state index contributed by atoms with van der Waals surface area (Å²) < 4.78 is 12.3. The number of hydrogen-bond acceptors (Lipinski definition) is 6. The zero-order valence-corrected chi connectivity index (χ0v) is 13.9. The minimum atomic E-state index is -0.601. The Morgan fingerprint density at radius 2 is 2.14 bits per heavy atom. The predicted octanol–water partition coefficient (Wildman–Crippen LogP) is 2.81. The number of rotatable bonds is 4. The predicted molar refractivity (Wildman–Crippen MR) is 79.5 cm³/mol. The molecule has 0 fully saturated rings. The van der Waals surface area contributed by atoms with E-state index in [9.17, 15) is 4.79 Å². The Hall–Kier alpha value is -2.18. The van der Waals surface area contributed by atoms with Crippen molar-refractivity contribution >= 4 is 5.97 Å². The van der Waals surface area contributed by atoms with Gasteiger partial charge in [-0.3, -0.25) is 4.68 Å². The van der Waals surface area contributed by atoms with Crippen LogP contribution in [-0.2, 0) is 16.7 Å². The van der Waals surface area contributed by atoms with Crippen molar-refractivity contribution in [3.8, 4) is 0 Å². The molecule has 2 aromatic rings. The molecule has 0 aromatic carbocycles. The van der Waals surface area contributed by atoms with Gasteiger partial charge in [-0.25, -0.2) is 4.79 Å². The van der Waals surface area contributed by atoms with Crippen LogP contribution >= 0.6 is 0 Å². The Balaban J connectivity index is 2.21. The Bertz CT molecular complexity index is 667. The first-order valence-corrected chi connectivity index (χ1v) is 7.32. The minimum absolute atomic E-state index is 0.195. The fourth-order valence-corrected chi connectivity index (χ4v) is 2.22. The maximum Gasteiger partial charge on any atom is 0.342 e. The summed E-state index contributed by atoms with van der Waals surface area (Å²) in [6.07, 6.45) is 1.64. The van der Waals surface area contributed by atoms with Crippen molar-refractivity contribution in [1.82, 2.24) is 19.9 Å². The molecule has 2 rings (SSSR count). The van der Waals surface area contributed by atoms with Gasteiger partial charge in [0.15, 0.2) is 11.9 Å². The lowest BCUT2D eigenvalue weighted by Crippen LogP contribution is -2.25. The van der Waals surface area contributed by atoms with Crippen molar-refractivity contribution in [2.24, 2.45) is 0 Å². The highest BCUT2D eigenvalue weighted by Gasteiger charge is 2.26. The van der Waals surface area contributed by atoms with Crippen LogP contribution in [0.25, 0.3) is 0 Å². The fraction of sp³-hybridized carbons (Fsp3) is 0.600. The molecule has 0 N–H and O–H groups in total. The molecule has 0 unspecified atom stereocenters. The molecule has 0 aliphatic rings. The van der Waals surface area contributed by atoms with E-state index in [0.29, 0.717) is 17.8 Å². The van der Waals surface area contributed by atoms with Gasteiger partial charge in [0.1, 0.15) is 5.56 Å². The summed E-state index contributed by atoms with van der Waals surface area (Å²) in [6.45, 7) is 11.5. The van der Waals surface area contributed by atoms with Crippen molar-refractivity contribution < 1.29 is 14.1 Å². The van der Waals surface area contributed by atoms with Gasteiger partial charge in [0.25, 0.3) is 5.89 Å². The summed E-state index contributed by atoms with van der Waals surface area (Å²) in [5.41, 5.74) is 1.13. The lowest BCUT2D eigenvalue weighted by Gasteiger charge is -2.22. The second kappa shape index (κ2) is 5.90. The molecule has 1 atom stereocenters. The second-order valence-electron chi connectivity index (χ2n) is 6.17. The summed E-state index contributed by atoms with van der Waals surface area (Å²) in [5.74, 6) is 0.357. The third-order valence-corrected chi connectivity index (χ3v) is 3.23. The Labute approximate surface area is 129 Å². The Morgan fingerprint density at radius 3 is 2.64 bits per heavy atom. The van der Waals surface area contributed by atoms with Crippen molar-refractivity contribution in [2.45, 2.75) is 59.6 Å². The molecule has 7 nitrogen and oxygen atoms in total. The maximum atomic E-state index is 12.4. The number of carbonyl (C=O) groups is 1. The molecule has 0 aliphatic carbocycles. The molecule has 2 aromatic heterocycles. The van der Waals surface area contributed by atoms with Crippen LogP contribution in [0.2, 0.25) is 0 Å². The standard InChI is InChI=1S/C15H22N4O3/c1-7-12-11(8-16-19(12)15(4,5)6)14(20)21-9(2)13-17-10(3)18-22-13/h8-9H,7H2,1-6H3/t9-/m0/s1. The van der Waals surface area contributed by atoms with Crippen LogP contribution < -0.4 is 0 Å². The summed E-state index contributed by atoms with van der Waals surface area (Å²) in [4.78, 5) is 16.5. The van der Waals surface area contributed by atoms with E-state index < -0.39 is 12.1 Å². The van der Waals surface area contributed by atoms with E-state index >= 15 is 0 Å².